The lowest BCUT2D eigenvalue weighted by molar-refractivity contribution is -0.122. The van der Waals surface area contributed by atoms with Crippen LogP contribution in [0.3, 0.4) is 0 Å². The number of hydrogen-bond acceptors (Lipinski definition) is 3. The van der Waals surface area contributed by atoms with Crippen LogP contribution in [0.25, 0.3) is 0 Å². The second-order valence-corrected chi connectivity index (χ2v) is 4.54. The molecule has 0 bridgehead atoms. The SMILES string of the molecule is C[C@H](NC(=O)CC1CCCN1)c1ccccn1. The van der Waals surface area contributed by atoms with Gasteiger partial charge in [0.2, 0.25) is 5.91 Å². The quantitative estimate of drug-likeness (QED) is 0.826. The van der Waals surface area contributed by atoms with Crippen LogP contribution in [0.1, 0.15) is 37.9 Å². The Hall–Kier alpha value is -1.42. The minimum absolute atomic E-state index is 0.0231. The maximum absolute atomic E-state index is 11.8. The minimum Gasteiger partial charge on any atom is -0.348 e. The molecule has 0 aliphatic carbocycles. The number of nitrogens with zero attached hydrogens (tertiary/aromatic N) is 1. The Labute approximate surface area is 102 Å². The molecule has 17 heavy (non-hydrogen) atoms. The summed E-state index contributed by atoms with van der Waals surface area (Å²) < 4.78 is 0. The highest BCUT2D eigenvalue weighted by Gasteiger charge is 2.19. The molecule has 2 rings (SSSR count). The van der Waals surface area contributed by atoms with E-state index in [2.05, 4.69) is 15.6 Å². The number of pyridine rings is 1. The number of hydrogen-bond donors (Lipinski definition) is 2. The number of amides is 1. The summed E-state index contributed by atoms with van der Waals surface area (Å²) in [6.45, 7) is 3.00. The Morgan fingerprint density at radius 3 is 3.18 bits per heavy atom. The molecule has 2 atom stereocenters. The summed E-state index contributed by atoms with van der Waals surface area (Å²) in [6.07, 6.45) is 4.59. The van der Waals surface area contributed by atoms with E-state index in [1.807, 2.05) is 25.1 Å². The fourth-order valence-corrected chi connectivity index (χ4v) is 2.16. The average molecular weight is 233 g/mol. The van der Waals surface area contributed by atoms with Gasteiger partial charge >= 0.3 is 0 Å². The zero-order valence-electron chi connectivity index (χ0n) is 10.1. The van der Waals surface area contributed by atoms with Crippen LogP contribution in [0, 0.1) is 0 Å². The van der Waals surface area contributed by atoms with E-state index in [0.29, 0.717) is 12.5 Å². The van der Waals surface area contributed by atoms with Crippen molar-refractivity contribution in [1.29, 1.82) is 0 Å². The van der Waals surface area contributed by atoms with Crippen molar-refractivity contribution in [2.75, 3.05) is 6.54 Å². The standard InChI is InChI=1S/C13H19N3O/c1-10(12-6-2-3-7-15-12)16-13(17)9-11-5-4-8-14-11/h2-3,6-7,10-11,14H,4-5,8-9H2,1H3,(H,16,17)/t10-,11?/m0/s1. The van der Waals surface area contributed by atoms with Crippen LogP contribution in [-0.2, 0) is 4.79 Å². The molecule has 4 heteroatoms. The molecule has 0 saturated carbocycles. The topological polar surface area (TPSA) is 54.0 Å². The first kappa shape index (κ1) is 12.0. The third kappa shape index (κ3) is 3.53. The summed E-state index contributed by atoms with van der Waals surface area (Å²) in [4.78, 5) is 16.0. The van der Waals surface area contributed by atoms with Crippen LogP contribution in [0.2, 0.25) is 0 Å². The zero-order chi connectivity index (χ0) is 12.1. The van der Waals surface area contributed by atoms with E-state index in [1.165, 1.54) is 6.42 Å². The Morgan fingerprint density at radius 2 is 2.53 bits per heavy atom. The predicted octanol–water partition coefficient (Wildman–Crippen LogP) is 1.40. The second-order valence-electron chi connectivity index (χ2n) is 4.54. The molecule has 1 amide bonds. The lowest BCUT2D eigenvalue weighted by Crippen LogP contribution is -2.33. The number of carbonyl (C=O) groups excluding carboxylic acids is 1. The molecule has 1 unspecified atom stereocenters. The fourth-order valence-electron chi connectivity index (χ4n) is 2.16. The molecule has 2 heterocycles. The van der Waals surface area contributed by atoms with Gasteiger partial charge in [0.05, 0.1) is 11.7 Å². The molecule has 1 fully saturated rings. The Bertz CT molecular complexity index is 360. The summed E-state index contributed by atoms with van der Waals surface area (Å²) in [7, 11) is 0. The van der Waals surface area contributed by atoms with Crippen molar-refractivity contribution < 1.29 is 4.79 Å². The van der Waals surface area contributed by atoms with E-state index in [-0.39, 0.29) is 11.9 Å². The van der Waals surface area contributed by atoms with Crippen LogP contribution in [0.15, 0.2) is 24.4 Å². The summed E-state index contributed by atoms with van der Waals surface area (Å²) >= 11 is 0. The fraction of sp³-hybridized carbons (Fsp3) is 0.538. The number of aromatic nitrogens is 1. The van der Waals surface area contributed by atoms with Gasteiger partial charge in [-0.1, -0.05) is 6.07 Å². The van der Waals surface area contributed by atoms with Gasteiger partial charge in [0.15, 0.2) is 0 Å². The number of carbonyl (C=O) groups is 1. The molecule has 1 aromatic heterocycles. The maximum Gasteiger partial charge on any atom is 0.222 e. The van der Waals surface area contributed by atoms with Gasteiger partial charge in [0.1, 0.15) is 0 Å². The van der Waals surface area contributed by atoms with Crippen LogP contribution < -0.4 is 10.6 Å². The zero-order valence-corrected chi connectivity index (χ0v) is 10.1. The molecule has 0 radical (unpaired) electrons. The molecule has 4 nitrogen and oxygen atoms in total. The van der Waals surface area contributed by atoms with Crippen LogP contribution in [-0.4, -0.2) is 23.5 Å². The van der Waals surface area contributed by atoms with E-state index in [4.69, 9.17) is 0 Å². The molecular formula is C13H19N3O. The molecular weight excluding hydrogens is 214 g/mol. The van der Waals surface area contributed by atoms with Crippen molar-refractivity contribution in [2.24, 2.45) is 0 Å². The maximum atomic E-state index is 11.8. The molecule has 92 valence electrons. The van der Waals surface area contributed by atoms with Crippen LogP contribution in [0.5, 0.6) is 0 Å². The molecule has 0 spiro atoms. The highest BCUT2D eigenvalue weighted by molar-refractivity contribution is 5.77. The van der Waals surface area contributed by atoms with E-state index < -0.39 is 0 Å². The van der Waals surface area contributed by atoms with E-state index >= 15 is 0 Å². The Kier molecular flexibility index (Phi) is 4.09. The largest absolute Gasteiger partial charge is 0.348 e. The molecule has 1 aliphatic rings. The van der Waals surface area contributed by atoms with Gasteiger partial charge in [-0.05, 0) is 38.4 Å². The lowest BCUT2D eigenvalue weighted by atomic mass is 10.1. The monoisotopic (exact) mass is 233 g/mol. The summed E-state index contributed by atoms with van der Waals surface area (Å²) in [5.74, 6) is 0.0996. The third-order valence-corrected chi connectivity index (χ3v) is 3.10. The smallest absolute Gasteiger partial charge is 0.222 e. The van der Waals surface area contributed by atoms with E-state index in [0.717, 1.165) is 18.7 Å². The average Bonchev–Trinajstić information content (AvgIpc) is 2.82. The van der Waals surface area contributed by atoms with E-state index in [1.54, 1.807) is 6.20 Å². The van der Waals surface area contributed by atoms with Crippen LogP contribution in [0.4, 0.5) is 0 Å². The van der Waals surface area contributed by atoms with Crippen molar-refractivity contribution in [3.63, 3.8) is 0 Å². The summed E-state index contributed by atoms with van der Waals surface area (Å²) in [5.41, 5.74) is 0.903. The summed E-state index contributed by atoms with van der Waals surface area (Å²) in [5, 5.41) is 6.31. The van der Waals surface area contributed by atoms with E-state index in [9.17, 15) is 4.79 Å². The Balaban J connectivity index is 1.81. The normalized spacial score (nSPS) is 21.1. The first-order chi connectivity index (χ1) is 8.25. The predicted molar refractivity (Wildman–Crippen MR) is 66.4 cm³/mol. The molecule has 1 saturated heterocycles. The van der Waals surface area contributed by atoms with Crippen molar-refractivity contribution in [1.82, 2.24) is 15.6 Å². The Morgan fingerprint density at radius 1 is 1.65 bits per heavy atom. The van der Waals surface area contributed by atoms with Gasteiger partial charge in [-0.25, -0.2) is 0 Å². The first-order valence-corrected chi connectivity index (χ1v) is 6.19. The van der Waals surface area contributed by atoms with Crippen molar-refractivity contribution in [3.05, 3.63) is 30.1 Å². The van der Waals surface area contributed by atoms with Gasteiger partial charge < -0.3 is 10.6 Å². The van der Waals surface area contributed by atoms with Crippen molar-refractivity contribution in [2.45, 2.75) is 38.3 Å². The molecule has 1 aliphatic heterocycles. The molecule has 0 aromatic carbocycles. The molecule has 2 N–H and O–H groups in total. The highest BCUT2D eigenvalue weighted by Crippen LogP contribution is 2.11. The highest BCUT2D eigenvalue weighted by atomic mass is 16.1. The van der Waals surface area contributed by atoms with Gasteiger partial charge in [-0.15, -0.1) is 0 Å². The van der Waals surface area contributed by atoms with Gasteiger partial charge in [-0.2, -0.15) is 0 Å². The van der Waals surface area contributed by atoms with Crippen molar-refractivity contribution in [3.8, 4) is 0 Å². The third-order valence-electron chi connectivity index (χ3n) is 3.10. The second kappa shape index (κ2) is 5.77. The van der Waals surface area contributed by atoms with Gasteiger partial charge in [0, 0.05) is 18.7 Å². The molecule has 1 aromatic rings. The summed E-state index contributed by atoms with van der Waals surface area (Å²) in [6, 6.07) is 6.07. The number of rotatable bonds is 4. The van der Waals surface area contributed by atoms with Gasteiger partial charge in [0.25, 0.3) is 0 Å². The lowest BCUT2D eigenvalue weighted by Gasteiger charge is -2.15. The number of nitrogens with one attached hydrogen (secondary N) is 2. The van der Waals surface area contributed by atoms with Gasteiger partial charge in [-0.3, -0.25) is 9.78 Å². The first-order valence-electron chi connectivity index (χ1n) is 6.19. The van der Waals surface area contributed by atoms with Crippen molar-refractivity contribution >= 4 is 5.91 Å². The van der Waals surface area contributed by atoms with Crippen LogP contribution >= 0.6 is 0 Å². The minimum atomic E-state index is -0.0231.